The second-order valence-electron chi connectivity index (χ2n) is 5.89. The normalized spacial score (nSPS) is 53.2. The van der Waals surface area contributed by atoms with Crippen molar-refractivity contribution >= 4 is 0 Å². The van der Waals surface area contributed by atoms with E-state index in [2.05, 4.69) is 6.92 Å². The van der Waals surface area contributed by atoms with Gasteiger partial charge in [0.05, 0.1) is 11.7 Å². The van der Waals surface area contributed by atoms with Gasteiger partial charge in [0.1, 0.15) is 0 Å². The van der Waals surface area contributed by atoms with Gasteiger partial charge in [-0.15, -0.1) is 0 Å². The van der Waals surface area contributed by atoms with Gasteiger partial charge in [0.15, 0.2) is 0 Å². The number of hydrogen-bond acceptors (Lipinski definition) is 2. The zero-order valence-electron chi connectivity index (χ0n) is 9.61. The summed E-state index contributed by atoms with van der Waals surface area (Å²) in [5.41, 5.74) is -0.357. The van der Waals surface area contributed by atoms with Crippen LogP contribution in [0, 0.1) is 17.8 Å². The van der Waals surface area contributed by atoms with Crippen LogP contribution in [0.15, 0.2) is 0 Å². The highest BCUT2D eigenvalue weighted by atomic mass is 16.5. The number of aliphatic hydroxyl groups is 1. The lowest BCUT2D eigenvalue weighted by Gasteiger charge is -2.56. The molecule has 86 valence electrons. The monoisotopic (exact) mass is 210 g/mol. The summed E-state index contributed by atoms with van der Waals surface area (Å²) in [6.45, 7) is 2.87. The number of hydrogen-bond donors (Lipinski definition) is 1. The van der Waals surface area contributed by atoms with Crippen LogP contribution in [0.2, 0.25) is 0 Å². The van der Waals surface area contributed by atoms with Crippen molar-refractivity contribution in [3.05, 3.63) is 0 Å². The average Bonchev–Trinajstić information content (AvgIpc) is 2.13. The minimum absolute atomic E-state index is 0.347. The van der Waals surface area contributed by atoms with Crippen molar-refractivity contribution in [3.63, 3.8) is 0 Å². The van der Waals surface area contributed by atoms with Crippen LogP contribution in [0.3, 0.4) is 0 Å². The van der Waals surface area contributed by atoms with Gasteiger partial charge in [0.2, 0.25) is 0 Å². The number of ether oxygens (including phenoxy) is 1. The molecule has 0 aliphatic heterocycles. The Labute approximate surface area is 92.0 Å². The Balaban J connectivity index is 1.86. The Kier molecular flexibility index (Phi) is 2.33. The molecule has 3 fully saturated rings. The van der Waals surface area contributed by atoms with E-state index >= 15 is 0 Å². The second-order valence-corrected chi connectivity index (χ2v) is 5.89. The molecule has 3 saturated carbocycles. The van der Waals surface area contributed by atoms with Gasteiger partial charge in [-0.25, -0.2) is 0 Å². The molecule has 0 aromatic rings. The topological polar surface area (TPSA) is 29.5 Å². The Morgan fingerprint density at radius 1 is 1.20 bits per heavy atom. The predicted molar refractivity (Wildman–Crippen MR) is 58.5 cm³/mol. The van der Waals surface area contributed by atoms with Gasteiger partial charge >= 0.3 is 0 Å². The summed E-state index contributed by atoms with van der Waals surface area (Å²) in [5, 5.41) is 10.7. The van der Waals surface area contributed by atoms with Crippen LogP contribution >= 0.6 is 0 Å². The number of rotatable bonds is 2. The molecule has 15 heavy (non-hydrogen) atoms. The molecule has 3 bridgehead atoms. The van der Waals surface area contributed by atoms with Crippen molar-refractivity contribution in [2.75, 3.05) is 6.61 Å². The van der Waals surface area contributed by atoms with Crippen molar-refractivity contribution in [1.29, 1.82) is 0 Å². The lowest BCUT2D eigenvalue weighted by atomic mass is 9.54. The van der Waals surface area contributed by atoms with Crippen molar-refractivity contribution in [3.8, 4) is 0 Å². The van der Waals surface area contributed by atoms with Crippen molar-refractivity contribution < 1.29 is 9.84 Å². The molecule has 3 aliphatic carbocycles. The molecule has 0 aromatic heterocycles. The Morgan fingerprint density at radius 2 is 2.00 bits per heavy atom. The number of fused-ring (bicyclic) bond motifs is 2. The molecule has 5 unspecified atom stereocenters. The van der Waals surface area contributed by atoms with Crippen molar-refractivity contribution in [2.24, 2.45) is 17.8 Å². The third-order valence-electron chi connectivity index (χ3n) is 4.92. The first-order valence-electron chi connectivity index (χ1n) is 6.55. The highest BCUT2D eigenvalue weighted by molar-refractivity contribution is 5.05. The van der Waals surface area contributed by atoms with Crippen molar-refractivity contribution in [2.45, 2.75) is 57.2 Å². The van der Waals surface area contributed by atoms with Gasteiger partial charge < -0.3 is 9.84 Å². The van der Waals surface area contributed by atoms with Gasteiger partial charge in [-0.1, -0.05) is 0 Å². The standard InChI is InChI=1S/C13H22O2/c1-2-15-12-6-10-5-9-3-4-11(12)13(14,7-9)8-10/h9-12,14H,2-8H2,1H3. The maximum absolute atomic E-state index is 10.7. The van der Waals surface area contributed by atoms with E-state index < -0.39 is 0 Å². The third-order valence-corrected chi connectivity index (χ3v) is 4.92. The van der Waals surface area contributed by atoms with E-state index in [1.807, 2.05) is 0 Å². The largest absolute Gasteiger partial charge is 0.389 e. The molecule has 2 heteroatoms. The fourth-order valence-electron chi connectivity index (χ4n) is 4.53. The summed E-state index contributed by atoms with van der Waals surface area (Å²) in [5.74, 6) is 1.99. The van der Waals surface area contributed by atoms with Crippen LogP contribution in [0.1, 0.15) is 45.4 Å². The highest BCUT2D eigenvalue weighted by Gasteiger charge is 2.54. The lowest BCUT2D eigenvalue weighted by Crippen LogP contribution is -2.57. The zero-order chi connectivity index (χ0) is 10.5. The van der Waals surface area contributed by atoms with Crippen LogP contribution in [0.25, 0.3) is 0 Å². The van der Waals surface area contributed by atoms with E-state index in [0.29, 0.717) is 12.0 Å². The minimum atomic E-state index is -0.357. The Morgan fingerprint density at radius 3 is 2.80 bits per heavy atom. The lowest BCUT2D eigenvalue weighted by molar-refractivity contribution is -0.190. The van der Waals surface area contributed by atoms with E-state index in [9.17, 15) is 5.11 Å². The van der Waals surface area contributed by atoms with E-state index in [4.69, 9.17) is 4.74 Å². The third kappa shape index (κ3) is 1.53. The predicted octanol–water partition coefficient (Wildman–Crippen LogP) is 2.35. The van der Waals surface area contributed by atoms with Crippen LogP contribution in [0.5, 0.6) is 0 Å². The first kappa shape index (κ1) is 10.1. The van der Waals surface area contributed by atoms with E-state index in [-0.39, 0.29) is 5.60 Å². The molecule has 0 amide bonds. The fraction of sp³-hybridized carbons (Fsp3) is 1.00. The minimum Gasteiger partial charge on any atom is -0.389 e. The molecule has 3 rings (SSSR count). The first-order valence-corrected chi connectivity index (χ1v) is 6.55. The Bertz CT molecular complexity index is 249. The van der Waals surface area contributed by atoms with Gasteiger partial charge in [-0.2, -0.15) is 0 Å². The molecule has 5 atom stereocenters. The van der Waals surface area contributed by atoms with Crippen LogP contribution in [-0.2, 0) is 4.74 Å². The average molecular weight is 210 g/mol. The highest BCUT2D eigenvalue weighted by Crippen LogP contribution is 2.55. The molecule has 2 nitrogen and oxygen atoms in total. The molecule has 0 radical (unpaired) electrons. The summed E-state index contributed by atoms with van der Waals surface area (Å²) < 4.78 is 5.85. The van der Waals surface area contributed by atoms with Gasteiger partial charge in [-0.3, -0.25) is 0 Å². The van der Waals surface area contributed by atoms with E-state index in [1.165, 1.54) is 25.7 Å². The summed E-state index contributed by atoms with van der Waals surface area (Å²) in [4.78, 5) is 0. The van der Waals surface area contributed by atoms with E-state index in [0.717, 1.165) is 31.3 Å². The summed E-state index contributed by atoms with van der Waals surface area (Å²) in [6.07, 6.45) is 7.52. The maximum atomic E-state index is 10.7. The van der Waals surface area contributed by atoms with Crippen LogP contribution in [0.4, 0.5) is 0 Å². The van der Waals surface area contributed by atoms with Crippen LogP contribution < -0.4 is 0 Å². The van der Waals surface area contributed by atoms with Crippen molar-refractivity contribution in [1.82, 2.24) is 0 Å². The van der Waals surface area contributed by atoms with Gasteiger partial charge in [0.25, 0.3) is 0 Å². The molecule has 1 N–H and O–H groups in total. The Hall–Kier alpha value is -0.0800. The molecule has 0 saturated heterocycles. The van der Waals surface area contributed by atoms with E-state index in [1.54, 1.807) is 0 Å². The van der Waals surface area contributed by atoms with Gasteiger partial charge in [0, 0.05) is 12.5 Å². The first-order chi connectivity index (χ1) is 7.21. The SMILES string of the molecule is CCOC1CC2CC3CCC1C(O)(C3)C2. The molecule has 0 heterocycles. The smallest absolute Gasteiger partial charge is 0.0705 e. The van der Waals surface area contributed by atoms with Gasteiger partial charge in [-0.05, 0) is 57.3 Å². The van der Waals surface area contributed by atoms with Crippen LogP contribution in [-0.4, -0.2) is 23.4 Å². The molecular weight excluding hydrogens is 188 g/mol. The zero-order valence-corrected chi connectivity index (χ0v) is 9.61. The maximum Gasteiger partial charge on any atom is 0.0705 e. The fourth-order valence-corrected chi connectivity index (χ4v) is 4.53. The molecular formula is C13H22O2. The summed E-state index contributed by atoms with van der Waals surface area (Å²) in [7, 11) is 0. The molecule has 0 aromatic carbocycles. The molecule has 0 spiro atoms. The quantitative estimate of drug-likeness (QED) is 0.758. The second kappa shape index (κ2) is 3.46. The summed E-state index contributed by atoms with van der Waals surface area (Å²) in [6, 6.07) is 0. The summed E-state index contributed by atoms with van der Waals surface area (Å²) >= 11 is 0. The molecule has 3 aliphatic rings.